The summed E-state index contributed by atoms with van der Waals surface area (Å²) in [5, 5.41) is 0. The molecule has 0 aliphatic carbocycles. The van der Waals surface area contributed by atoms with Gasteiger partial charge in [-0.05, 0) is 55.9 Å². The Hall–Kier alpha value is -1.07. The number of nitrogens with zero attached hydrogens (tertiary/aromatic N) is 1. The Bertz CT molecular complexity index is 617. The van der Waals surface area contributed by atoms with Crippen LogP contribution in [-0.4, -0.2) is 32.4 Å². The molecule has 1 heterocycles. The van der Waals surface area contributed by atoms with Crippen molar-refractivity contribution in [3.05, 3.63) is 23.3 Å². The molecule has 1 saturated heterocycles. The van der Waals surface area contributed by atoms with Gasteiger partial charge in [-0.1, -0.05) is 20.3 Å². The molecule has 1 fully saturated rings. The van der Waals surface area contributed by atoms with Crippen LogP contribution >= 0.6 is 0 Å². The lowest BCUT2D eigenvalue weighted by Gasteiger charge is -2.27. The van der Waals surface area contributed by atoms with Crippen molar-refractivity contribution in [1.29, 1.82) is 0 Å². The van der Waals surface area contributed by atoms with Gasteiger partial charge < -0.3 is 4.74 Å². The average molecular weight is 325 g/mol. The molecule has 1 aromatic rings. The maximum atomic E-state index is 13.0. The molecule has 0 radical (unpaired) electrons. The predicted molar refractivity (Wildman–Crippen MR) is 89.0 cm³/mol. The van der Waals surface area contributed by atoms with Crippen molar-refractivity contribution in [2.45, 2.75) is 57.8 Å². The van der Waals surface area contributed by atoms with Gasteiger partial charge in [0.05, 0.1) is 6.61 Å². The van der Waals surface area contributed by atoms with Crippen molar-refractivity contribution in [3.63, 3.8) is 0 Å². The number of hydrogen-bond acceptors (Lipinski definition) is 3. The summed E-state index contributed by atoms with van der Waals surface area (Å²) in [5.41, 5.74) is 2.15. The van der Waals surface area contributed by atoms with E-state index in [4.69, 9.17) is 4.74 Å². The van der Waals surface area contributed by atoms with E-state index in [1.54, 1.807) is 4.31 Å². The topological polar surface area (TPSA) is 46.6 Å². The van der Waals surface area contributed by atoms with E-state index < -0.39 is 10.0 Å². The molecule has 124 valence electrons. The van der Waals surface area contributed by atoms with Gasteiger partial charge in [0.2, 0.25) is 10.0 Å². The van der Waals surface area contributed by atoms with Crippen LogP contribution in [0.1, 0.15) is 57.1 Å². The molecule has 1 aliphatic heterocycles. The Labute approximate surface area is 134 Å². The van der Waals surface area contributed by atoms with E-state index in [-0.39, 0.29) is 5.92 Å². The number of piperidine rings is 1. The van der Waals surface area contributed by atoms with Gasteiger partial charge in [0.1, 0.15) is 10.6 Å². The summed E-state index contributed by atoms with van der Waals surface area (Å²) in [6.07, 6.45) is 2.98. The van der Waals surface area contributed by atoms with Crippen LogP contribution in [0.4, 0.5) is 0 Å². The Balaban J connectivity index is 2.52. The monoisotopic (exact) mass is 325 g/mol. The first kappa shape index (κ1) is 17.3. The van der Waals surface area contributed by atoms with E-state index in [9.17, 15) is 8.42 Å². The third-order valence-electron chi connectivity index (χ3n) is 4.19. The molecule has 4 nitrogen and oxygen atoms in total. The van der Waals surface area contributed by atoms with Gasteiger partial charge in [-0.2, -0.15) is 4.31 Å². The van der Waals surface area contributed by atoms with Crippen LogP contribution in [0.15, 0.2) is 17.0 Å². The summed E-state index contributed by atoms with van der Waals surface area (Å²) in [5.74, 6) is 0.765. The highest BCUT2D eigenvalue weighted by Gasteiger charge is 2.30. The zero-order valence-corrected chi connectivity index (χ0v) is 14.9. The van der Waals surface area contributed by atoms with Crippen LogP contribution in [0.25, 0.3) is 0 Å². The van der Waals surface area contributed by atoms with Crippen molar-refractivity contribution in [3.8, 4) is 5.75 Å². The minimum Gasteiger partial charge on any atom is -0.492 e. The van der Waals surface area contributed by atoms with Crippen molar-refractivity contribution in [2.75, 3.05) is 19.7 Å². The first-order valence-corrected chi connectivity index (χ1v) is 9.59. The fraction of sp³-hybridized carbons (Fsp3) is 0.647. The molecule has 0 amide bonds. The Morgan fingerprint density at radius 2 is 1.82 bits per heavy atom. The van der Waals surface area contributed by atoms with Crippen molar-refractivity contribution in [1.82, 2.24) is 4.31 Å². The van der Waals surface area contributed by atoms with Crippen LogP contribution in [0.5, 0.6) is 5.75 Å². The van der Waals surface area contributed by atoms with Gasteiger partial charge in [0, 0.05) is 13.1 Å². The first-order chi connectivity index (χ1) is 10.4. The minimum atomic E-state index is -3.48. The van der Waals surface area contributed by atoms with Crippen molar-refractivity contribution in [2.24, 2.45) is 0 Å². The second-order valence-electron chi connectivity index (χ2n) is 6.21. The molecule has 0 unspecified atom stereocenters. The lowest BCUT2D eigenvalue weighted by atomic mass is 9.98. The second kappa shape index (κ2) is 7.01. The summed E-state index contributed by atoms with van der Waals surface area (Å²) >= 11 is 0. The number of hydrogen-bond donors (Lipinski definition) is 0. The SMILES string of the molecule is CCOc1cc(C)c(C(C)C)cc1S(=O)(=O)N1CCCCC1. The summed E-state index contributed by atoms with van der Waals surface area (Å²) < 4.78 is 33.3. The van der Waals surface area contributed by atoms with Crippen LogP contribution < -0.4 is 4.74 Å². The standard InChI is InChI=1S/C17H27NO3S/c1-5-21-16-11-14(4)15(13(2)3)12-17(16)22(19,20)18-9-7-6-8-10-18/h11-13H,5-10H2,1-4H3. The quantitative estimate of drug-likeness (QED) is 0.829. The maximum Gasteiger partial charge on any atom is 0.246 e. The molecule has 22 heavy (non-hydrogen) atoms. The van der Waals surface area contributed by atoms with E-state index in [1.165, 1.54) is 0 Å². The number of rotatable bonds is 5. The molecular weight excluding hydrogens is 298 g/mol. The Kier molecular flexibility index (Phi) is 5.50. The third kappa shape index (κ3) is 3.46. The second-order valence-corrected chi connectivity index (χ2v) is 8.11. The summed E-state index contributed by atoms with van der Waals surface area (Å²) in [7, 11) is -3.48. The number of benzene rings is 1. The molecule has 1 aliphatic rings. The van der Waals surface area contributed by atoms with E-state index in [0.717, 1.165) is 30.4 Å². The van der Waals surface area contributed by atoms with Crippen LogP contribution in [-0.2, 0) is 10.0 Å². The van der Waals surface area contributed by atoms with Crippen molar-refractivity contribution < 1.29 is 13.2 Å². The van der Waals surface area contributed by atoms with Gasteiger partial charge >= 0.3 is 0 Å². The highest BCUT2D eigenvalue weighted by atomic mass is 32.2. The maximum absolute atomic E-state index is 13.0. The highest BCUT2D eigenvalue weighted by molar-refractivity contribution is 7.89. The van der Waals surface area contributed by atoms with E-state index in [0.29, 0.717) is 30.3 Å². The van der Waals surface area contributed by atoms with Crippen molar-refractivity contribution >= 4 is 10.0 Å². The minimum absolute atomic E-state index is 0.283. The predicted octanol–water partition coefficient (Wildman–Crippen LogP) is 3.69. The molecule has 0 saturated carbocycles. The van der Waals surface area contributed by atoms with E-state index >= 15 is 0 Å². The molecule has 0 atom stereocenters. The number of aryl methyl sites for hydroxylation is 1. The largest absolute Gasteiger partial charge is 0.492 e. The summed E-state index contributed by atoms with van der Waals surface area (Å²) in [4.78, 5) is 0.325. The molecule has 0 spiro atoms. The molecule has 0 bridgehead atoms. The number of ether oxygens (including phenoxy) is 1. The van der Waals surface area contributed by atoms with E-state index in [1.807, 2.05) is 26.0 Å². The lowest BCUT2D eigenvalue weighted by molar-refractivity contribution is 0.322. The molecule has 0 aromatic heterocycles. The molecule has 0 N–H and O–H groups in total. The van der Waals surface area contributed by atoms with E-state index in [2.05, 4.69) is 13.8 Å². The normalized spacial score (nSPS) is 17.0. The first-order valence-electron chi connectivity index (χ1n) is 8.15. The van der Waals surface area contributed by atoms with Crippen LogP contribution in [0, 0.1) is 6.92 Å². The zero-order valence-electron chi connectivity index (χ0n) is 14.1. The smallest absolute Gasteiger partial charge is 0.246 e. The zero-order chi connectivity index (χ0) is 16.3. The number of sulfonamides is 1. The Morgan fingerprint density at radius 1 is 1.18 bits per heavy atom. The molecule has 2 rings (SSSR count). The third-order valence-corrected chi connectivity index (χ3v) is 6.11. The van der Waals surface area contributed by atoms with Gasteiger partial charge in [-0.25, -0.2) is 8.42 Å². The highest BCUT2D eigenvalue weighted by Crippen LogP contribution is 2.34. The van der Waals surface area contributed by atoms with Gasteiger partial charge in [-0.3, -0.25) is 0 Å². The molecular formula is C17H27NO3S. The molecule has 1 aromatic carbocycles. The van der Waals surface area contributed by atoms with Gasteiger partial charge in [0.25, 0.3) is 0 Å². The van der Waals surface area contributed by atoms with Gasteiger partial charge in [-0.15, -0.1) is 0 Å². The summed E-state index contributed by atoms with van der Waals surface area (Å²) in [6.45, 7) is 9.73. The summed E-state index contributed by atoms with van der Waals surface area (Å²) in [6, 6.07) is 3.69. The van der Waals surface area contributed by atoms with Crippen LogP contribution in [0.3, 0.4) is 0 Å². The average Bonchev–Trinajstić information content (AvgIpc) is 2.48. The fourth-order valence-electron chi connectivity index (χ4n) is 3.01. The fourth-order valence-corrected chi connectivity index (χ4v) is 4.68. The lowest BCUT2D eigenvalue weighted by Crippen LogP contribution is -2.35. The van der Waals surface area contributed by atoms with Gasteiger partial charge in [0.15, 0.2) is 0 Å². The Morgan fingerprint density at radius 3 is 2.36 bits per heavy atom. The molecule has 5 heteroatoms. The van der Waals surface area contributed by atoms with Crippen LogP contribution in [0.2, 0.25) is 0 Å².